The number of hydrogen-bond donors (Lipinski definition) is 1. The summed E-state index contributed by atoms with van der Waals surface area (Å²) in [7, 11) is 0. The van der Waals surface area contributed by atoms with Gasteiger partial charge in [0, 0.05) is 6.42 Å². The quantitative estimate of drug-likeness (QED) is 0.763. The van der Waals surface area contributed by atoms with E-state index in [9.17, 15) is 5.11 Å². The zero-order chi connectivity index (χ0) is 14.1. The first kappa shape index (κ1) is 12.9. The number of fused-ring (bicyclic) bond motifs is 1. The molecule has 0 bridgehead atoms. The molecule has 3 aromatic rings. The molecule has 102 valence electrons. The molecule has 0 aliphatic carbocycles. The summed E-state index contributed by atoms with van der Waals surface area (Å²) >= 11 is 0. The van der Waals surface area contributed by atoms with Crippen LogP contribution in [0, 0.1) is 6.92 Å². The van der Waals surface area contributed by atoms with Gasteiger partial charge < -0.3 is 9.52 Å². The second-order valence-electron chi connectivity index (χ2n) is 5.08. The first-order valence-corrected chi connectivity index (χ1v) is 6.95. The Kier molecular flexibility index (Phi) is 3.33. The Morgan fingerprint density at radius 2 is 1.85 bits per heavy atom. The minimum Gasteiger partial charge on any atom is -0.463 e. The molecular weight excluding hydrogens is 248 g/mol. The number of benzene rings is 2. The van der Waals surface area contributed by atoms with Crippen molar-refractivity contribution in [2.45, 2.75) is 26.4 Å². The van der Waals surface area contributed by atoms with E-state index < -0.39 is 6.10 Å². The summed E-state index contributed by atoms with van der Waals surface area (Å²) in [4.78, 5) is 0. The fraction of sp³-hybridized carbons (Fsp3) is 0.222. The second kappa shape index (κ2) is 5.14. The molecule has 2 aromatic carbocycles. The molecule has 0 saturated heterocycles. The highest BCUT2D eigenvalue weighted by molar-refractivity contribution is 5.87. The van der Waals surface area contributed by atoms with E-state index in [2.05, 4.69) is 12.1 Å². The van der Waals surface area contributed by atoms with Gasteiger partial charge in [0.2, 0.25) is 0 Å². The minimum absolute atomic E-state index is 0.612. The van der Waals surface area contributed by atoms with Gasteiger partial charge in [0.05, 0.1) is 0 Å². The van der Waals surface area contributed by atoms with E-state index in [0.29, 0.717) is 5.76 Å². The Morgan fingerprint density at radius 1 is 1.05 bits per heavy atom. The molecule has 1 atom stereocenters. The number of hydrogen-bond acceptors (Lipinski definition) is 2. The normalized spacial score (nSPS) is 12.8. The van der Waals surface area contributed by atoms with Gasteiger partial charge in [-0.05, 0) is 41.0 Å². The second-order valence-corrected chi connectivity index (χ2v) is 5.08. The van der Waals surface area contributed by atoms with Crippen molar-refractivity contribution in [2.24, 2.45) is 0 Å². The molecule has 20 heavy (non-hydrogen) atoms. The van der Waals surface area contributed by atoms with Crippen molar-refractivity contribution in [1.29, 1.82) is 0 Å². The molecular formula is C18H18O2. The number of aryl methyl sites for hydroxylation is 2. The average Bonchev–Trinajstić information content (AvgIpc) is 2.95. The molecule has 3 rings (SSSR count). The number of aliphatic hydroxyl groups excluding tert-OH is 1. The van der Waals surface area contributed by atoms with Gasteiger partial charge in [-0.25, -0.2) is 0 Å². The molecule has 1 unspecified atom stereocenters. The fourth-order valence-electron chi connectivity index (χ4n) is 2.64. The monoisotopic (exact) mass is 266 g/mol. The van der Waals surface area contributed by atoms with Crippen LogP contribution in [0.25, 0.3) is 10.8 Å². The number of furan rings is 1. The Bertz CT molecular complexity index is 740. The highest BCUT2D eigenvalue weighted by Gasteiger charge is 2.19. The summed E-state index contributed by atoms with van der Waals surface area (Å²) < 4.78 is 5.70. The maximum Gasteiger partial charge on any atom is 0.137 e. The van der Waals surface area contributed by atoms with Gasteiger partial charge in [-0.2, -0.15) is 0 Å². The SMILES string of the molecule is CCc1ccc(C(O)c2c(C)ccc3ccccc23)o1. The largest absolute Gasteiger partial charge is 0.463 e. The van der Waals surface area contributed by atoms with Crippen LogP contribution < -0.4 is 0 Å². The topological polar surface area (TPSA) is 33.4 Å². The molecule has 1 N–H and O–H groups in total. The van der Waals surface area contributed by atoms with Crippen LogP contribution in [0.15, 0.2) is 52.9 Å². The van der Waals surface area contributed by atoms with Gasteiger partial charge in [-0.1, -0.05) is 43.3 Å². The van der Waals surface area contributed by atoms with Crippen molar-refractivity contribution in [2.75, 3.05) is 0 Å². The van der Waals surface area contributed by atoms with Gasteiger partial charge >= 0.3 is 0 Å². The first-order chi connectivity index (χ1) is 9.70. The molecule has 0 amide bonds. The lowest BCUT2D eigenvalue weighted by Crippen LogP contribution is -2.02. The lowest BCUT2D eigenvalue weighted by atomic mass is 9.94. The smallest absolute Gasteiger partial charge is 0.137 e. The van der Waals surface area contributed by atoms with Gasteiger partial charge in [0.1, 0.15) is 17.6 Å². The van der Waals surface area contributed by atoms with E-state index in [-0.39, 0.29) is 0 Å². The third-order valence-corrected chi connectivity index (χ3v) is 3.76. The third kappa shape index (κ3) is 2.12. The highest BCUT2D eigenvalue weighted by atomic mass is 16.4. The molecule has 2 heteroatoms. The Morgan fingerprint density at radius 3 is 2.60 bits per heavy atom. The lowest BCUT2D eigenvalue weighted by Gasteiger charge is -2.15. The van der Waals surface area contributed by atoms with Crippen molar-refractivity contribution in [3.05, 3.63) is 71.2 Å². The molecule has 2 nitrogen and oxygen atoms in total. The van der Waals surface area contributed by atoms with E-state index in [1.165, 1.54) is 0 Å². The molecule has 1 aromatic heterocycles. The number of rotatable bonds is 3. The van der Waals surface area contributed by atoms with Crippen LogP contribution in [0.2, 0.25) is 0 Å². The van der Waals surface area contributed by atoms with Crippen LogP contribution in [0.5, 0.6) is 0 Å². The van der Waals surface area contributed by atoms with E-state index >= 15 is 0 Å². The summed E-state index contributed by atoms with van der Waals surface area (Å²) in [5.41, 5.74) is 2.01. The van der Waals surface area contributed by atoms with Crippen LogP contribution >= 0.6 is 0 Å². The highest BCUT2D eigenvalue weighted by Crippen LogP contribution is 2.32. The lowest BCUT2D eigenvalue weighted by molar-refractivity contribution is 0.188. The average molecular weight is 266 g/mol. The standard InChI is InChI=1S/C18H18O2/c1-3-14-10-11-16(20-14)18(19)17-12(2)8-9-13-6-4-5-7-15(13)17/h4-11,18-19H,3H2,1-2H3. The molecule has 0 spiro atoms. The van der Waals surface area contributed by atoms with Crippen LogP contribution in [0.4, 0.5) is 0 Å². The van der Waals surface area contributed by atoms with Gasteiger partial charge in [-0.3, -0.25) is 0 Å². The van der Waals surface area contributed by atoms with Gasteiger partial charge in [0.25, 0.3) is 0 Å². The zero-order valence-electron chi connectivity index (χ0n) is 11.8. The van der Waals surface area contributed by atoms with Crippen molar-refractivity contribution in [3.63, 3.8) is 0 Å². The predicted octanol–water partition coefficient (Wildman–Crippen LogP) is 4.39. The summed E-state index contributed by atoms with van der Waals surface area (Å²) in [6.45, 7) is 4.06. The van der Waals surface area contributed by atoms with E-state index in [1.54, 1.807) is 0 Å². The maximum atomic E-state index is 10.7. The summed E-state index contributed by atoms with van der Waals surface area (Å²) in [6.07, 6.45) is 0.114. The molecule has 1 heterocycles. The zero-order valence-corrected chi connectivity index (χ0v) is 11.8. The molecule has 0 aliphatic rings. The van der Waals surface area contributed by atoms with E-state index in [0.717, 1.165) is 34.1 Å². The Balaban J connectivity index is 2.15. The molecule has 0 aliphatic heterocycles. The molecule has 0 fully saturated rings. The third-order valence-electron chi connectivity index (χ3n) is 3.76. The van der Waals surface area contributed by atoms with Crippen molar-refractivity contribution >= 4 is 10.8 Å². The van der Waals surface area contributed by atoms with Crippen molar-refractivity contribution in [1.82, 2.24) is 0 Å². The van der Waals surface area contributed by atoms with Gasteiger partial charge in [0.15, 0.2) is 0 Å². The predicted molar refractivity (Wildman–Crippen MR) is 80.8 cm³/mol. The maximum absolute atomic E-state index is 10.7. The van der Waals surface area contributed by atoms with E-state index in [1.807, 2.05) is 50.2 Å². The Labute approximate surface area is 118 Å². The molecule has 0 radical (unpaired) electrons. The fourth-order valence-corrected chi connectivity index (χ4v) is 2.64. The Hall–Kier alpha value is -2.06. The van der Waals surface area contributed by atoms with Crippen LogP contribution in [0.3, 0.4) is 0 Å². The minimum atomic E-state index is -0.721. The van der Waals surface area contributed by atoms with Crippen LogP contribution in [-0.4, -0.2) is 5.11 Å². The van der Waals surface area contributed by atoms with Gasteiger partial charge in [-0.15, -0.1) is 0 Å². The summed E-state index contributed by atoms with van der Waals surface area (Å²) in [5, 5.41) is 12.9. The molecule has 0 saturated carbocycles. The first-order valence-electron chi connectivity index (χ1n) is 6.95. The summed E-state index contributed by atoms with van der Waals surface area (Å²) in [5.74, 6) is 1.51. The number of aliphatic hydroxyl groups is 1. The van der Waals surface area contributed by atoms with Crippen LogP contribution in [0.1, 0.15) is 35.7 Å². The summed E-state index contributed by atoms with van der Waals surface area (Å²) in [6, 6.07) is 16.0. The van der Waals surface area contributed by atoms with Crippen LogP contribution in [-0.2, 0) is 6.42 Å². The van der Waals surface area contributed by atoms with E-state index in [4.69, 9.17) is 4.42 Å². The van der Waals surface area contributed by atoms with Crippen molar-refractivity contribution < 1.29 is 9.52 Å². The van der Waals surface area contributed by atoms with Crippen molar-refractivity contribution in [3.8, 4) is 0 Å².